The van der Waals surface area contributed by atoms with Crippen molar-refractivity contribution in [2.75, 3.05) is 39.6 Å². The van der Waals surface area contributed by atoms with Crippen LogP contribution < -0.4 is 0 Å². The first-order valence-corrected chi connectivity index (χ1v) is 7.78. The monoisotopic (exact) mass is 340 g/mol. The third kappa shape index (κ3) is 5.23. The highest BCUT2D eigenvalue weighted by molar-refractivity contribution is 5.89. The average molecular weight is 340 g/mol. The first kappa shape index (κ1) is 17.3. The van der Waals surface area contributed by atoms with Gasteiger partial charge in [0.05, 0.1) is 32.0 Å². The lowest BCUT2D eigenvalue weighted by Crippen LogP contribution is -2.19. The molecule has 0 amide bonds. The van der Waals surface area contributed by atoms with Crippen molar-refractivity contribution in [3.63, 3.8) is 0 Å². The van der Waals surface area contributed by atoms with E-state index in [1.807, 2.05) is 0 Å². The van der Waals surface area contributed by atoms with Crippen LogP contribution in [0.25, 0.3) is 0 Å². The van der Waals surface area contributed by atoms with Crippen molar-refractivity contribution in [3.05, 3.63) is 35.4 Å². The molecule has 2 aliphatic heterocycles. The molecule has 0 bridgehead atoms. The summed E-state index contributed by atoms with van der Waals surface area (Å²) in [5.74, 6) is -0.423. The summed E-state index contributed by atoms with van der Waals surface area (Å²) in [6, 6.07) is 6.87. The Bertz CT molecular complexity index is 505. The summed E-state index contributed by atoms with van der Waals surface area (Å²) in [6.45, 7) is 2.76. The maximum atomic E-state index is 11.9. The van der Waals surface area contributed by atoms with Gasteiger partial charge >= 0.3 is 5.97 Å². The molecule has 0 atom stereocenters. The number of hydrogen-bond acceptors (Lipinski definition) is 8. The van der Waals surface area contributed by atoms with Crippen LogP contribution in [-0.4, -0.2) is 58.2 Å². The van der Waals surface area contributed by atoms with Gasteiger partial charge in [-0.25, -0.2) is 14.6 Å². The molecule has 0 unspecified atom stereocenters. The van der Waals surface area contributed by atoms with Gasteiger partial charge in [-0.15, -0.1) is 0 Å². The molecule has 2 saturated heterocycles. The van der Waals surface area contributed by atoms with Crippen LogP contribution in [0.15, 0.2) is 24.3 Å². The van der Waals surface area contributed by atoms with Gasteiger partial charge in [0.25, 0.3) is 0 Å². The van der Waals surface area contributed by atoms with Crippen LogP contribution in [-0.2, 0) is 40.1 Å². The number of benzene rings is 1. The molecule has 0 saturated carbocycles. The summed E-state index contributed by atoms with van der Waals surface area (Å²) >= 11 is 0. The molecular formula is C16H20O8. The standard InChI is InChI=1S/C16H20O8/c17-16(22-10-14-18-5-6-19-14)13-3-1-12(2-4-13)9-23-24-11-15-20-7-8-21-15/h1-4,14-15H,5-11H2. The molecule has 132 valence electrons. The molecule has 0 N–H and O–H groups in total. The first-order valence-electron chi connectivity index (χ1n) is 7.78. The normalized spacial score (nSPS) is 19.0. The Balaban J connectivity index is 1.35. The van der Waals surface area contributed by atoms with Gasteiger partial charge in [-0.1, -0.05) is 12.1 Å². The zero-order chi connectivity index (χ0) is 16.6. The van der Waals surface area contributed by atoms with E-state index in [1.54, 1.807) is 24.3 Å². The lowest BCUT2D eigenvalue weighted by molar-refractivity contribution is -0.326. The Morgan fingerprint density at radius 2 is 1.46 bits per heavy atom. The van der Waals surface area contributed by atoms with E-state index in [2.05, 4.69) is 0 Å². The lowest BCUT2D eigenvalue weighted by atomic mass is 10.1. The second-order valence-corrected chi connectivity index (χ2v) is 5.18. The maximum Gasteiger partial charge on any atom is 0.338 e. The second kappa shape index (κ2) is 9.07. The molecule has 2 aliphatic rings. The zero-order valence-electron chi connectivity index (χ0n) is 13.2. The van der Waals surface area contributed by atoms with Crippen LogP contribution in [0.4, 0.5) is 0 Å². The van der Waals surface area contributed by atoms with E-state index in [4.69, 9.17) is 33.5 Å². The van der Waals surface area contributed by atoms with Gasteiger partial charge < -0.3 is 23.7 Å². The van der Waals surface area contributed by atoms with Crippen molar-refractivity contribution < 1.29 is 38.3 Å². The van der Waals surface area contributed by atoms with Gasteiger partial charge in [-0.3, -0.25) is 0 Å². The average Bonchev–Trinajstić information content (AvgIpc) is 3.31. The predicted molar refractivity (Wildman–Crippen MR) is 78.8 cm³/mol. The van der Waals surface area contributed by atoms with Crippen LogP contribution in [0.1, 0.15) is 15.9 Å². The topological polar surface area (TPSA) is 81.7 Å². The molecule has 8 nitrogen and oxygen atoms in total. The molecule has 0 radical (unpaired) electrons. The van der Waals surface area contributed by atoms with Crippen LogP contribution in [0.3, 0.4) is 0 Å². The number of carbonyl (C=O) groups excluding carboxylic acids is 1. The summed E-state index contributed by atoms with van der Waals surface area (Å²) in [7, 11) is 0. The molecule has 0 aromatic heterocycles. The number of rotatable bonds is 8. The third-order valence-corrected chi connectivity index (χ3v) is 3.43. The van der Waals surface area contributed by atoms with Gasteiger partial charge in [0.15, 0.2) is 12.6 Å². The van der Waals surface area contributed by atoms with Crippen LogP contribution in [0.5, 0.6) is 0 Å². The van der Waals surface area contributed by atoms with E-state index in [0.29, 0.717) is 32.0 Å². The number of esters is 1. The summed E-state index contributed by atoms with van der Waals surface area (Å²) in [4.78, 5) is 22.0. The summed E-state index contributed by atoms with van der Waals surface area (Å²) in [5.41, 5.74) is 1.31. The SMILES string of the molecule is O=C(OCC1OCCO1)c1ccc(COOCC2OCCO2)cc1. The minimum Gasteiger partial charge on any atom is -0.457 e. The van der Waals surface area contributed by atoms with E-state index < -0.39 is 12.3 Å². The molecule has 8 heteroatoms. The van der Waals surface area contributed by atoms with Gasteiger partial charge in [-0.2, -0.15) is 0 Å². The Labute approximate surface area is 139 Å². The van der Waals surface area contributed by atoms with E-state index >= 15 is 0 Å². The van der Waals surface area contributed by atoms with Gasteiger partial charge in [-0.05, 0) is 17.7 Å². The quantitative estimate of drug-likeness (QED) is 0.300. The van der Waals surface area contributed by atoms with Gasteiger partial charge in [0.2, 0.25) is 0 Å². The van der Waals surface area contributed by atoms with E-state index in [9.17, 15) is 4.79 Å². The Morgan fingerprint density at radius 1 is 0.875 bits per heavy atom. The Hall–Kier alpha value is -1.55. The smallest absolute Gasteiger partial charge is 0.338 e. The highest BCUT2D eigenvalue weighted by atomic mass is 17.2. The van der Waals surface area contributed by atoms with E-state index in [0.717, 1.165) is 5.56 Å². The van der Waals surface area contributed by atoms with Crippen LogP contribution in [0, 0.1) is 0 Å². The van der Waals surface area contributed by atoms with Crippen molar-refractivity contribution in [2.24, 2.45) is 0 Å². The van der Waals surface area contributed by atoms with E-state index in [-0.39, 0.29) is 26.1 Å². The fourth-order valence-corrected chi connectivity index (χ4v) is 2.18. The first-order chi connectivity index (χ1) is 11.8. The third-order valence-electron chi connectivity index (χ3n) is 3.43. The highest BCUT2D eigenvalue weighted by Crippen LogP contribution is 2.10. The fraction of sp³-hybridized carbons (Fsp3) is 0.562. The van der Waals surface area contributed by atoms with Crippen LogP contribution >= 0.6 is 0 Å². The van der Waals surface area contributed by atoms with E-state index in [1.165, 1.54) is 0 Å². The van der Waals surface area contributed by atoms with Crippen molar-refractivity contribution in [1.29, 1.82) is 0 Å². The van der Waals surface area contributed by atoms with Crippen molar-refractivity contribution in [2.45, 2.75) is 19.2 Å². The number of ether oxygens (including phenoxy) is 5. The maximum absolute atomic E-state index is 11.9. The number of hydrogen-bond donors (Lipinski definition) is 0. The fourth-order valence-electron chi connectivity index (χ4n) is 2.18. The van der Waals surface area contributed by atoms with Crippen molar-refractivity contribution in [3.8, 4) is 0 Å². The summed E-state index contributed by atoms with van der Waals surface area (Å²) in [6.07, 6.45) is -0.832. The lowest BCUT2D eigenvalue weighted by Gasteiger charge is -2.10. The summed E-state index contributed by atoms with van der Waals surface area (Å²) < 4.78 is 26.0. The molecule has 2 heterocycles. The van der Waals surface area contributed by atoms with Gasteiger partial charge in [0.1, 0.15) is 19.8 Å². The predicted octanol–water partition coefficient (Wildman–Crippen LogP) is 1.04. The summed E-state index contributed by atoms with van der Waals surface area (Å²) in [5, 5.41) is 0. The van der Waals surface area contributed by atoms with Crippen LogP contribution in [0.2, 0.25) is 0 Å². The van der Waals surface area contributed by atoms with Gasteiger partial charge in [0, 0.05) is 0 Å². The molecule has 3 rings (SSSR count). The van der Waals surface area contributed by atoms with Crippen molar-refractivity contribution in [1.82, 2.24) is 0 Å². The molecule has 1 aromatic rings. The molecule has 0 spiro atoms. The molecule has 0 aliphatic carbocycles. The molecule has 2 fully saturated rings. The molecule has 24 heavy (non-hydrogen) atoms. The molecular weight excluding hydrogens is 320 g/mol. The Kier molecular flexibility index (Phi) is 6.53. The zero-order valence-corrected chi connectivity index (χ0v) is 13.2. The van der Waals surface area contributed by atoms with Crippen molar-refractivity contribution >= 4 is 5.97 Å². The minimum absolute atomic E-state index is 0.0862. The Morgan fingerprint density at radius 3 is 2.08 bits per heavy atom. The number of carbonyl (C=O) groups is 1. The highest BCUT2D eigenvalue weighted by Gasteiger charge is 2.19. The minimum atomic E-state index is -0.466. The largest absolute Gasteiger partial charge is 0.457 e. The second-order valence-electron chi connectivity index (χ2n) is 5.18. The molecule has 1 aromatic carbocycles.